The highest BCUT2D eigenvalue weighted by molar-refractivity contribution is 7.99. The van der Waals surface area contributed by atoms with Gasteiger partial charge in [-0.2, -0.15) is 11.8 Å². The summed E-state index contributed by atoms with van der Waals surface area (Å²) in [6.07, 6.45) is 0. The van der Waals surface area contributed by atoms with Crippen molar-refractivity contribution in [1.29, 1.82) is 0 Å². The van der Waals surface area contributed by atoms with Gasteiger partial charge in [0.2, 0.25) is 0 Å². The lowest BCUT2D eigenvalue weighted by molar-refractivity contribution is -0.138. The zero-order valence-electron chi connectivity index (χ0n) is 7.83. The summed E-state index contributed by atoms with van der Waals surface area (Å²) in [5.41, 5.74) is 0. The van der Waals surface area contributed by atoms with Gasteiger partial charge in [-0.15, -0.1) is 0 Å². The predicted octanol–water partition coefficient (Wildman–Crippen LogP) is 1.05. The summed E-state index contributed by atoms with van der Waals surface area (Å²) in [6.45, 7) is 4.25. The van der Waals surface area contributed by atoms with E-state index in [2.05, 4.69) is 19.2 Å². The highest BCUT2D eigenvalue weighted by atomic mass is 32.2. The summed E-state index contributed by atoms with van der Waals surface area (Å²) < 4.78 is 0. The Morgan fingerprint density at radius 3 is 2.42 bits per heavy atom. The van der Waals surface area contributed by atoms with Crippen molar-refractivity contribution < 1.29 is 9.90 Å². The van der Waals surface area contributed by atoms with E-state index >= 15 is 0 Å². The topological polar surface area (TPSA) is 49.3 Å². The average molecular weight is 191 g/mol. The van der Waals surface area contributed by atoms with E-state index in [9.17, 15) is 4.79 Å². The van der Waals surface area contributed by atoms with Crippen LogP contribution in [0.3, 0.4) is 0 Å². The number of nitrogens with one attached hydrogen (secondary N) is 1. The lowest BCUT2D eigenvalue weighted by Crippen LogP contribution is -2.36. The van der Waals surface area contributed by atoms with E-state index in [1.165, 1.54) is 0 Å². The third kappa shape index (κ3) is 5.43. The van der Waals surface area contributed by atoms with E-state index < -0.39 is 12.0 Å². The molecule has 0 bridgehead atoms. The first-order valence-electron chi connectivity index (χ1n) is 4.05. The minimum atomic E-state index is -0.770. The number of hydrogen-bond donors (Lipinski definition) is 2. The molecule has 0 aromatic carbocycles. The van der Waals surface area contributed by atoms with E-state index in [-0.39, 0.29) is 0 Å². The van der Waals surface area contributed by atoms with Crippen LogP contribution in [0.5, 0.6) is 0 Å². The molecule has 0 rings (SSSR count). The zero-order chi connectivity index (χ0) is 9.56. The van der Waals surface area contributed by atoms with Gasteiger partial charge in [0.1, 0.15) is 6.04 Å². The molecule has 0 aliphatic carbocycles. The van der Waals surface area contributed by atoms with Crippen LogP contribution >= 0.6 is 11.8 Å². The maximum Gasteiger partial charge on any atom is 0.321 e. The van der Waals surface area contributed by atoms with Gasteiger partial charge in [0.15, 0.2) is 0 Å². The van der Waals surface area contributed by atoms with Crippen LogP contribution in [-0.4, -0.2) is 35.7 Å². The molecule has 0 spiro atoms. The maximum atomic E-state index is 10.5. The lowest BCUT2D eigenvalue weighted by atomic mass is 10.3. The third-order valence-corrected chi connectivity index (χ3v) is 2.85. The Kier molecular flexibility index (Phi) is 6.20. The molecule has 0 aliphatic rings. The van der Waals surface area contributed by atoms with Crippen LogP contribution in [0.1, 0.15) is 13.8 Å². The van der Waals surface area contributed by atoms with Crippen LogP contribution in [0.15, 0.2) is 0 Å². The van der Waals surface area contributed by atoms with Gasteiger partial charge in [-0.05, 0) is 18.7 Å². The summed E-state index contributed by atoms with van der Waals surface area (Å²) >= 11 is 1.68. The van der Waals surface area contributed by atoms with Gasteiger partial charge >= 0.3 is 5.97 Å². The largest absolute Gasteiger partial charge is 0.480 e. The van der Waals surface area contributed by atoms with Gasteiger partial charge in [0.25, 0.3) is 0 Å². The first-order valence-corrected chi connectivity index (χ1v) is 5.21. The number of thioether (sulfide) groups is 1. The second-order valence-electron chi connectivity index (χ2n) is 3.11. The van der Waals surface area contributed by atoms with Crippen molar-refractivity contribution in [3.8, 4) is 0 Å². The Morgan fingerprint density at radius 1 is 1.50 bits per heavy atom. The Bertz CT molecular complexity index is 139. The molecule has 4 heteroatoms. The molecule has 2 N–H and O–H groups in total. The standard InChI is InChI=1S/C8H17NO2S/c1-6(2)4-12-5-7(9-3)8(10)11/h6-7,9H,4-5H2,1-3H3,(H,10,11). The quantitative estimate of drug-likeness (QED) is 0.659. The highest BCUT2D eigenvalue weighted by Gasteiger charge is 2.13. The molecule has 0 saturated heterocycles. The van der Waals surface area contributed by atoms with Crippen molar-refractivity contribution in [2.45, 2.75) is 19.9 Å². The number of rotatable bonds is 6. The molecule has 0 saturated carbocycles. The Hall–Kier alpha value is -0.220. The predicted molar refractivity (Wildman–Crippen MR) is 52.6 cm³/mol. The minimum absolute atomic E-state index is 0.409. The van der Waals surface area contributed by atoms with Gasteiger partial charge < -0.3 is 10.4 Å². The van der Waals surface area contributed by atoms with Crippen molar-refractivity contribution in [1.82, 2.24) is 5.32 Å². The van der Waals surface area contributed by atoms with Gasteiger partial charge in [-0.25, -0.2) is 0 Å². The molecule has 0 aromatic heterocycles. The number of aliphatic carboxylic acids is 1. The van der Waals surface area contributed by atoms with Crippen LogP contribution in [0.2, 0.25) is 0 Å². The third-order valence-electron chi connectivity index (χ3n) is 1.38. The molecule has 0 aliphatic heterocycles. The molecule has 1 unspecified atom stereocenters. The molecule has 0 amide bonds. The first-order chi connectivity index (χ1) is 5.57. The van der Waals surface area contributed by atoms with E-state index in [1.54, 1.807) is 18.8 Å². The summed E-state index contributed by atoms with van der Waals surface area (Å²) in [7, 11) is 1.68. The second kappa shape index (κ2) is 6.31. The normalized spacial score (nSPS) is 13.3. The van der Waals surface area contributed by atoms with Gasteiger partial charge in [-0.3, -0.25) is 4.79 Å². The van der Waals surface area contributed by atoms with Crippen molar-refractivity contribution in [3.63, 3.8) is 0 Å². The van der Waals surface area contributed by atoms with Gasteiger partial charge in [0.05, 0.1) is 0 Å². The molecule has 1 atom stereocenters. The smallest absolute Gasteiger partial charge is 0.321 e. The Labute approximate surface area is 77.9 Å². The molecule has 0 fully saturated rings. The molecular weight excluding hydrogens is 174 g/mol. The van der Waals surface area contributed by atoms with E-state index in [4.69, 9.17) is 5.11 Å². The van der Waals surface area contributed by atoms with Crippen LogP contribution < -0.4 is 5.32 Å². The van der Waals surface area contributed by atoms with E-state index in [0.717, 1.165) is 5.75 Å². The molecule has 12 heavy (non-hydrogen) atoms. The number of carboxylic acids is 1. The van der Waals surface area contributed by atoms with Gasteiger partial charge in [0, 0.05) is 5.75 Å². The number of carboxylic acid groups (broad SMARTS) is 1. The molecule has 3 nitrogen and oxygen atoms in total. The van der Waals surface area contributed by atoms with E-state index in [1.807, 2.05) is 0 Å². The molecular formula is C8H17NO2S. The fourth-order valence-corrected chi connectivity index (χ4v) is 1.85. The van der Waals surface area contributed by atoms with Crippen molar-refractivity contribution >= 4 is 17.7 Å². The number of carbonyl (C=O) groups is 1. The summed E-state index contributed by atoms with van der Waals surface area (Å²) in [5, 5.41) is 11.4. The van der Waals surface area contributed by atoms with Crippen molar-refractivity contribution in [2.75, 3.05) is 18.6 Å². The van der Waals surface area contributed by atoms with Crippen LogP contribution in [0.4, 0.5) is 0 Å². The van der Waals surface area contributed by atoms with Crippen LogP contribution in [0.25, 0.3) is 0 Å². The Morgan fingerprint density at radius 2 is 2.08 bits per heavy atom. The van der Waals surface area contributed by atoms with E-state index in [0.29, 0.717) is 11.7 Å². The number of hydrogen-bond acceptors (Lipinski definition) is 3. The molecule has 72 valence electrons. The first kappa shape index (κ1) is 11.8. The fraction of sp³-hybridized carbons (Fsp3) is 0.875. The van der Waals surface area contributed by atoms with Gasteiger partial charge in [-0.1, -0.05) is 13.8 Å². The fourth-order valence-electron chi connectivity index (χ4n) is 0.700. The lowest BCUT2D eigenvalue weighted by Gasteiger charge is -2.11. The van der Waals surface area contributed by atoms with Crippen LogP contribution in [0, 0.1) is 5.92 Å². The van der Waals surface area contributed by atoms with Crippen LogP contribution in [-0.2, 0) is 4.79 Å². The number of likely N-dealkylation sites (N-methyl/N-ethyl adjacent to an activating group) is 1. The second-order valence-corrected chi connectivity index (χ2v) is 4.19. The zero-order valence-corrected chi connectivity index (χ0v) is 8.65. The Balaban J connectivity index is 3.52. The average Bonchev–Trinajstić information content (AvgIpc) is 1.96. The molecule has 0 heterocycles. The highest BCUT2D eigenvalue weighted by Crippen LogP contribution is 2.08. The van der Waals surface area contributed by atoms with Crippen molar-refractivity contribution in [2.24, 2.45) is 5.92 Å². The summed E-state index contributed by atoms with van der Waals surface area (Å²) in [4.78, 5) is 10.5. The SMILES string of the molecule is CNC(CSCC(C)C)C(=O)O. The monoisotopic (exact) mass is 191 g/mol. The summed E-state index contributed by atoms with van der Waals surface area (Å²) in [5.74, 6) is 1.52. The maximum absolute atomic E-state index is 10.5. The molecule has 0 aromatic rings. The summed E-state index contributed by atoms with van der Waals surface area (Å²) in [6, 6.07) is -0.409. The van der Waals surface area contributed by atoms with Crippen molar-refractivity contribution in [3.05, 3.63) is 0 Å². The molecule has 0 radical (unpaired) electrons. The minimum Gasteiger partial charge on any atom is -0.480 e.